The summed E-state index contributed by atoms with van der Waals surface area (Å²) in [5.41, 5.74) is 3.64. The van der Waals surface area contributed by atoms with Crippen LogP contribution >= 0.6 is 11.8 Å². The van der Waals surface area contributed by atoms with Gasteiger partial charge in [0.05, 0.1) is 10.6 Å². The molecular weight excluding hydrogens is 416 g/mol. The third-order valence-corrected chi connectivity index (χ3v) is 8.67. The minimum absolute atomic E-state index is 0.0511. The molecule has 1 fully saturated rings. The van der Waals surface area contributed by atoms with E-state index in [2.05, 4.69) is 23.5 Å². The van der Waals surface area contributed by atoms with E-state index in [9.17, 15) is 13.2 Å². The van der Waals surface area contributed by atoms with Crippen molar-refractivity contribution in [1.29, 1.82) is 0 Å². The Kier molecular flexibility index (Phi) is 6.80. The SMILES string of the molecule is O=C(CSc1ccc2c(c1)CCC2)NCc1cccc(S(=O)(=O)N2CCCCC2)c1. The number of fused-ring (bicyclic) bond motifs is 1. The maximum atomic E-state index is 12.9. The molecule has 1 amide bonds. The van der Waals surface area contributed by atoms with Crippen LogP contribution in [0.5, 0.6) is 0 Å². The van der Waals surface area contributed by atoms with Crippen LogP contribution < -0.4 is 5.32 Å². The van der Waals surface area contributed by atoms with Crippen LogP contribution in [0.4, 0.5) is 0 Å². The zero-order valence-electron chi connectivity index (χ0n) is 17.1. The minimum Gasteiger partial charge on any atom is -0.351 e. The molecule has 160 valence electrons. The highest BCUT2D eigenvalue weighted by molar-refractivity contribution is 8.00. The number of carbonyl (C=O) groups is 1. The topological polar surface area (TPSA) is 66.5 Å². The standard InChI is InChI=1S/C23H28N2O3S2/c26-23(17-29-21-11-10-19-7-5-8-20(19)15-21)24-16-18-6-4-9-22(14-18)30(27,28)25-12-2-1-3-13-25/h4,6,9-11,14-15H,1-3,5,7-8,12-13,16-17H2,(H,24,26). The molecule has 2 aromatic rings. The van der Waals surface area contributed by atoms with E-state index in [0.717, 1.165) is 42.6 Å². The van der Waals surface area contributed by atoms with Crippen LogP contribution in [0.25, 0.3) is 0 Å². The summed E-state index contributed by atoms with van der Waals surface area (Å²) < 4.78 is 27.3. The molecular formula is C23H28N2O3S2. The summed E-state index contributed by atoms with van der Waals surface area (Å²) in [6, 6.07) is 13.4. The summed E-state index contributed by atoms with van der Waals surface area (Å²) in [5, 5.41) is 2.91. The van der Waals surface area contributed by atoms with Gasteiger partial charge in [0.2, 0.25) is 15.9 Å². The summed E-state index contributed by atoms with van der Waals surface area (Å²) in [5.74, 6) is 0.301. The van der Waals surface area contributed by atoms with Crippen molar-refractivity contribution in [3.63, 3.8) is 0 Å². The molecule has 0 aromatic heterocycles. The van der Waals surface area contributed by atoms with E-state index in [1.165, 1.54) is 17.5 Å². The number of carbonyl (C=O) groups excluding carboxylic acids is 1. The van der Waals surface area contributed by atoms with Crippen molar-refractivity contribution in [2.24, 2.45) is 0 Å². The quantitative estimate of drug-likeness (QED) is 0.661. The molecule has 1 aliphatic heterocycles. The molecule has 2 aliphatic rings. The summed E-state index contributed by atoms with van der Waals surface area (Å²) in [6.45, 7) is 1.50. The zero-order valence-corrected chi connectivity index (χ0v) is 18.7. The normalized spacial score (nSPS) is 16.9. The Bertz CT molecular complexity index is 1010. The fraction of sp³-hybridized carbons (Fsp3) is 0.435. The van der Waals surface area contributed by atoms with Crippen LogP contribution in [0.15, 0.2) is 52.3 Å². The largest absolute Gasteiger partial charge is 0.351 e. The van der Waals surface area contributed by atoms with Crippen molar-refractivity contribution in [2.45, 2.75) is 54.9 Å². The molecule has 1 heterocycles. The van der Waals surface area contributed by atoms with E-state index < -0.39 is 10.0 Å². The maximum Gasteiger partial charge on any atom is 0.243 e. The Morgan fingerprint density at radius 1 is 0.967 bits per heavy atom. The van der Waals surface area contributed by atoms with Gasteiger partial charge in [-0.1, -0.05) is 24.6 Å². The van der Waals surface area contributed by atoms with E-state index >= 15 is 0 Å². The van der Waals surface area contributed by atoms with Crippen molar-refractivity contribution in [3.05, 3.63) is 59.2 Å². The van der Waals surface area contributed by atoms with Crippen LogP contribution in [0.3, 0.4) is 0 Å². The molecule has 1 aliphatic carbocycles. The van der Waals surface area contributed by atoms with Gasteiger partial charge in [-0.05, 0) is 73.1 Å². The number of rotatable bonds is 7. The first-order chi connectivity index (χ1) is 14.5. The van der Waals surface area contributed by atoms with Crippen LogP contribution in [-0.2, 0) is 34.2 Å². The highest BCUT2D eigenvalue weighted by Crippen LogP contribution is 2.27. The van der Waals surface area contributed by atoms with Gasteiger partial charge < -0.3 is 5.32 Å². The molecule has 7 heteroatoms. The smallest absolute Gasteiger partial charge is 0.243 e. The molecule has 30 heavy (non-hydrogen) atoms. The first kappa shape index (κ1) is 21.4. The number of thioether (sulfide) groups is 1. The summed E-state index contributed by atoms with van der Waals surface area (Å²) >= 11 is 1.54. The van der Waals surface area contributed by atoms with Crippen molar-refractivity contribution in [2.75, 3.05) is 18.8 Å². The van der Waals surface area contributed by atoms with Crippen LogP contribution in [0.1, 0.15) is 42.4 Å². The molecule has 1 saturated heterocycles. The van der Waals surface area contributed by atoms with Crippen molar-refractivity contribution in [1.82, 2.24) is 9.62 Å². The minimum atomic E-state index is -3.46. The summed E-state index contributed by atoms with van der Waals surface area (Å²) in [7, 11) is -3.46. The van der Waals surface area contributed by atoms with Gasteiger partial charge >= 0.3 is 0 Å². The lowest BCUT2D eigenvalue weighted by Gasteiger charge is -2.26. The first-order valence-electron chi connectivity index (χ1n) is 10.6. The molecule has 4 rings (SSSR count). The average Bonchev–Trinajstić information content (AvgIpc) is 3.25. The fourth-order valence-electron chi connectivity index (χ4n) is 4.11. The average molecular weight is 445 g/mol. The number of benzene rings is 2. The number of sulfonamides is 1. The predicted molar refractivity (Wildman–Crippen MR) is 120 cm³/mol. The van der Waals surface area contributed by atoms with E-state index in [1.807, 2.05) is 6.07 Å². The van der Waals surface area contributed by atoms with E-state index in [0.29, 0.717) is 30.3 Å². The van der Waals surface area contributed by atoms with Gasteiger partial charge in [0.25, 0.3) is 0 Å². The van der Waals surface area contributed by atoms with Gasteiger partial charge in [-0.15, -0.1) is 11.8 Å². The Labute approximate surface area is 183 Å². The molecule has 0 saturated carbocycles. The Morgan fingerprint density at radius 3 is 2.60 bits per heavy atom. The molecule has 0 atom stereocenters. The van der Waals surface area contributed by atoms with Gasteiger partial charge in [-0.3, -0.25) is 4.79 Å². The van der Waals surface area contributed by atoms with Gasteiger partial charge in [-0.2, -0.15) is 4.31 Å². The zero-order chi connectivity index (χ0) is 21.0. The number of aryl methyl sites for hydroxylation is 2. The third-order valence-electron chi connectivity index (χ3n) is 5.78. The maximum absolute atomic E-state index is 12.9. The number of amides is 1. The third kappa shape index (κ3) is 5.07. The molecule has 2 aromatic carbocycles. The van der Waals surface area contributed by atoms with Crippen LogP contribution in [0, 0.1) is 0 Å². The van der Waals surface area contributed by atoms with Gasteiger partial charge in [0, 0.05) is 24.5 Å². The van der Waals surface area contributed by atoms with E-state index in [-0.39, 0.29) is 5.91 Å². The number of hydrogen-bond donors (Lipinski definition) is 1. The second-order valence-corrected chi connectivity index (χ2v) is 10.9. The molecule has 5 nitrogen and oxygen atoms in total. The molecule has 0 bridgehead atoms. The lowest BCUT2D eigenvalue weighted by Crippen LogP contribution is -2.35. The van der Waals surface area contributed by atoms with Crippen LogP contribution in [0.2, 0.25) is 0 Å². The number of piperidine rings is 1. The van der Waals surface area contributed by atoms with Crippen molar-refractivity contribution in [3.8, 4) is 0 Å². The molecule has 0 radical (unpaired) electrons. The van der Waals surface area contributed by atoms with Crippen LogP contribution in [-0.4, -0.2) is 37.5 Å². The molecule has 1 N–H and O–H groups in total. The lowest BCUT2D eigenvalue weighted by atomic mass is 10.1. The summed E-state index contributed by atoms with van der Waals surface area (Å²) in [6.07, 6.45) is 6.42. The number of nitrogens with one attached hydrogen (secondary N) is 1. The Hall–Kier alpha value is -1.83. The van der Waals surface area contributed by atoms with Gasteiger partial charge in [0.15, 0.2) is 0 Å². The van der Waals surface area contributed by atoms with Crippen molar-refractivity contribution < 1.29 is 13.2 Å². The van der Waals surface area contributed by atoms with Crippen molar-refractivity contribution >= 4 is 27.7 Å². The predicted octanol–water partition coefficient (Wildman–Crippen LogP) is 3.76. The first-order valence-corrected chi connectivity index (χ1v) is 13.1. The lowest BCUT2D eigenvalue weighted by molar-refractivity contribution is -0.118. The van der Waals surface area contributed by atoms with E-state index in [1.54, 1.807) is 34.3 Å². The fourth-order valence-corrected chi connectivity index (χ4v) is 6.49. The summed E-state index contributed by atoms with van der Waals surface area (Å²) in [4.78, 5) is 13.7. The van der Waals surface area contributed by atoms with E-state index in [4.69, 9.17) is 0 Å². The Balaban J connectivity index is 1.31. The van der Waals surface area contributed by atoms with Gasteiger partial charge in [-0.25, -0.2) is 8.42 Å². The Morgan fingerprint density at radius 2 is 1.77 bits per heavy atom. The second kappa shape index (κ2) is 9.54. The highest BCUT2D eigenvalue weighted by atomic mass is 32.2. The molecule has 0 unspecified atom stereocenters. The number of hydrogen-bond acceptors (Lipinski definition) is 4. The monoisotopic (exact) mass is 444 g/mol. The second-order valence-electron chi connectivity index (χ2n) is 7.96. The number of nitrogens with zero attached hydrogens (tertiary/aromatic N) is 1. The van der Waals surface area contributed by atoms with Gasteiger partial charge in [0.1, 0.15) is 0 Å². The molecule has 0 spiro atoms. The highest BCUT2D eigenvalue weighted by Gasteiger charge is 2.25.